The number of aromatic nitrogens is 1. The summed E-state index contributed by atoms with van der Waals surface area (Å²) in [4.78, 5) is 3.69. The Morgan fingerprint density at radius 1 is 1.46 bits per heavy atom. The van der Waals surface area contributed by atoms with Gasteiger partial charge in [0.15, 0.2) is 5.69 Å². The predicted octanol–water partition coefficient (Wildman–Crippen LogP) is 1.97. The standard InChI is InChI=1S/C7H9F3N2S/c1-4-6(7(8,9)10)12-5(13-4)2-3-11/h2-3,11H2,1H3. The van der Waals surface area contributed by atoms with Crippen molar-refractivity contribution in [2.24, 2.45) is 5.73 Å². The van der Waals surface area contributed by atoms with Crippen LogP contribution in [0.2, 0.25) is 0 Å². The zero-order chi connectivity index (χ0) is 10.1. The Labute approximate surface area is 77.6 Å². The van der Waals surface area contributed by atoms with E-state index in [1.807, 2.05) is 0 Å². The van der Waals surface area contributed by atoms with Crippen molar-refractivity contribution in [3.05, 3.63) is 15.6 Å². The molecule has 74 valence electrons. The van der Waals surface area contributed by atoms with Crippen molar-refractivity contribution in [3.63, 3.8) is 0 Å². The summed E-state index contributed by atoms with van der Waals surface area (Å²) in [6.45, 7) is 1.74. The van der Waals surface area contributed by atoms with Gasteiger partial charge in [-0.25, -0.2) is 4.98 Å². The first-order chi connectivity index (χ1) is 5.95. The number of halogens is 3. The molecule has 0 aliphatic heterocycles. The van der Waals surface area contributed by atoms with E-state index in [0.29, 0.717) is 18.0 Å². The third kappa shape index (κ3) is 2.41. The van der Waals surface area contributed by atoms with Crippen LogP contribution in [0.5, 0.6) is 0 Å². The summed E-state index contributed by atoms with van der Waals surface area (Å²) >= 11 is 1.05. The van der Waals surface area contributed by atoms with Crippen LogP contribution in [0.15, 0.2) is 0 Å². The minimum Gasteiger partial charge on any atom is -0.330 e. The van der Waals surface area contributed by atoms with E-state index in [2.05, 4.69) is 4.98 Å². The summed E-state index contributed by atoms with van der Waals surface area (Å²) in [6.07, 6.45) is -3.94. The van der Waals surface area contributed by atoms with Gasteiger partial charge in [0.25, 0.3) is 0 Å². The molecule has 1 aromatic heterocycles. The zero-order valence-corrected chi connectivity index (χ0v) is 7.80. The van der Waals surface area contributed by atoms with Crippen LogP contribution in [-0.2, 0) is 12.6 Å². The van der Waals surface area contributed by atoms with Gasteiger partial charge in [0.2, 0.25) is 0 Å². The first-order valence-electron chi connectivity index (χ1n) is 3.68. The number of nitrogens with two attached hydrogens (primary N) is 1. The quantitative estimate of drug-likeness (QED) is 0.810. The second-order valence-corrected chi connectivity index (χ2v) is 3.84. The summed E-state index contributed by atoms with van der Waals surface area (Å²) in [5.74, 6) is 0. The molecule has 0 aromatic carbocycles. The molecule has 1 rings (SSSR count). The number of thiazole rings is 1. The van der Waals surface area contributed by atoms with E-state index in [9.17, 15) is 13.2 Å². The summed E-state index contributed by atoms with van der Waals surface area (Å²) in [7, 11) is 0. The van der Waals surface area contributed by atoms with Gasteiger partial charge in [-0.2, -0.15) is 13.2 Å². The summed E-state index contributed by atoms with van der Waals surface area (Å²) < 4.78 is 36.6. The number of aryl methyl sites for hydroxylation is 1. The van der Waals surface area contributed by atoms with Gasteiger partial charge >= 0.3 is 6.18 Å². The molecule has 0 amide bonds. The fourth-order valence-corrected chi connectivity index (χ4v) is 1.91. The van der Waals surface area contributed by atoms with Crippen LogP contribution in [0.3, 0.4) is 0 Å². The van der Waals surface area contributed by atoms with Crippen molar-refractivity contribution < 1.29 is 13.2 Å². The minimum absolute atomic E-state index is 0.205. The molecule has 0 fully saturated rings. The van der Waals surface area contributed by atoms with Crippen LogP contribution in [0.25, 0.3) is 0 Å². The molecule has 2 nitrogen and oxygen atoms in total. The predicted molar refractivity (Wildman–Crippen MR) is 44.6 cm³/mol. The van der Waals surface area contributed by atoms with Crippen molar-refractivity contribution >= 4 is 11.3 Å². The lowest BCUT2D eigenvalue weighted by Gasteiger charge is -2.01. The largest absolute Gasteiger partial charge is 0.434 e. The van der Waals surface area contributed by atoms with Crippen molar-refractivity contribution in [3.8, 4) is 0 Å². The SMILES string of the molecule is Cc1sc(CCN)nc1C(F)(F)F. The fourth-order valence-electron chi connectivity index (χ4n) is 0.945. The molecular weight excluding hydrogens is 201 g/mol. The van der Waals surface area contributed by atoms with Crippen LogP contribution in [-0.4, -0.2) is 11.5 Å². The molecule has 0 spiro atoms. The van der Waals surface area contributed by atoms with E-state index in [1.165, 1.54) is 6.92 Å². The van der Waals surface area contributed by atoms with Crippen LogP contribution < -0.4 is 5.73 Å². The third-order valence-corrected chi connectivity index (χ3v) is 2.50. The molecule has 13 heavy (non-hydrogen) atoms. The van der Waals surface area contributed by atoms with E-state index >= 15 is 0 Å². The monoisotopic (exact) mass is 210 g/mol. The maximum absolute atomic E-state index is 12.2. The molecule has 6 heteroatoms. The highest BCUT2D eigenvalue weighted by Crippen LogP contribution is 2.33. The highest BCUT2D eigenvalue weighted by atomic mass is 32.1. The first-order valence-corrected chi connectivity index (χ1v) is 4.50. The van der Waals surface area contributed by atoms with Crippen LogP contribution in [0, 0.1) is 6.92 Å². The Morgan fingerprint density at radius 3 is 2.46 bits per heavy atom. The lowest BCUT2D eigenvalue weighted by Crippen LogP contribution is -2.08. The average Bonchev–Trinajstić information content (AvgIpc) is 2.30. The molecule has 1 heterocycles. The third-order valence-electron chi connectivity index (χ3n) is 1.47. The molecule has 0 aliphatic carbocycles. The zero-order valence-electron chi connectivity index (χ0n) is 6.98. The highest BCUT2D eigenvalue weighted by Gasteiger charge is 2.35. The molecule has 0 unspecified atom stereocenters. The lowest BCUT2D eigenvalue weighted by atomic mass is 10.4. The van der Waals surface area contributed by atoms with E-state index in [0.717, 1.165) is 11.3 Å². The molecule has 0 bridgehead atoms. The molecule has 0 radical (unpaired) electrons. The maximum Gasteiger partial charge on any atom is 0.434 e. The van der Waals surface area contributed by atoms with Gasteiger partial charge in [-0.1, -0.05) is 0 Å². The maximum atomic E-state index is 12.2. The van der Waals surface area contributed by atoms with Crippen LogP contribution in [0.1, 0.15) is 15.6 Å². The van der Waals surface area contributed by atoms with Gasteiger partial charge in [-0.3, -0.25) is 0 Å². The summed E-state index contributed by atoms with van der Waals surface area (Å²) in [6, 6.07) is 0. The van der Waals surface area contributed by atoms with Crippen molar-refractivity contribution in [2.75, 3.05) is 6.54 Å². The van der Waals surface area contributed by atoms with E-state index < -0.39 is 11.9 Å². The smallest absolute Gasteiger partial charge is 0.330 e. The average molecular weight is 210 g/mol. The lowest BCUT2D eigenvalue weighted by molar-refractivity contribution is -0.141. The molecule has 0 atom stereocenters. The normalized spacial score (nSPS) is 12.1. The Bertz CT molecular complexity index is 292. The number of rotatable bonds is 2. The van der Waals surface area contributed by atoms with E-state index in [-0.39, 0.29) is 4.88 Å². The van der Waals surface area contributed by atoms with Crippen LogP contribution in [0.4, 0.5) is 13.2 Å². The van der Waals surface area contributed by atoms with Crippen molar-refractivity contribution in [1.29, 1.82) is 0 Å². The Hall–Kier alpha value is -0.620. The van der Waals surface area contributed by atoms with Gasteiger partial charge < -0.3 is 5.73 Å². The number of hydrogen-bond donors (Lipinski definition) is 1. The Morgan fingerprint density at radius 2 is 2.08 bits per heavy atom. The minimum atomic E-state index is -4.34. The van der Waals surface area contributed by atoms with Crippen molar-refractivity contribution in [1.82, 2.24) is 4.98 Å². The Kier molecular flexibility index (Phi) is 2.92. The molecule has 0 saturated carbocycles. The molecule has 2 N–H and O–H groups in total. The fraction of sp³-hybridized carbons (Fsp3) is 0.571. The van der Waals surface area contributed by atoms with Gasteiger partial charge in [0, 0.05) is 11.3 Å². The molecule has 1 aromatic rings. The topological polar surface area (TPSA) is 38.9 Å². The number of hydrogen-bond acceptors (Lipinski definition) is 3. The summed E-state index contributed by atoms with van der Waals surface area (Å²) in [5.41, 5.74) is 4.44. The van der Waals surface area contributed by atoms with Gasteiger partial charge in [0.1, 0.15) is 0 Å². The number of alkyl halides is 3. The summed E-state index contributed by atoms with van der Waals surface area (Å²) in [5, 5.41) is 0.451. The molecule has 0 aliphatic rings. The molecule has 0 saturated heterocycles. The van der Waals surface area contributed by atoms with Crippen molar-refractivity contribution in [2.45, 2.75) is 19.5 Å². The van der Waals surface area contributed by atoms with Gasteiger partial charge in [-0.15, -0.1) is 11.3 Å². The van der Waals surface area contributed by atoms with E-state index in [4.69, 9.17) is 5.73 Å². The van der Waals surface area contributed by atoms with E-state index in [1.54, 1.807) is 0 Å². The first kappa shape index (κ1) is 10.5. The number of nitrogens with zero attached hydrogens (tertiary/aromatic N) is 1. The second-order valence-electron chi connectivity index (χ2n) is 2.55. The Balaban J connectivity index is 2.96. The van der Waals surface area contributed by atoms with Gasteiger partial charge in [0.05, 0.1) is 5.01 Å². The second kappa shape index (κ2) is 3.63. The molecular formula is C7H9F3N2S. The van der Waals surface area contributed by atoms with Gasteiger partial charge in [-0.05, 0) is 13.5 Å². The highest BCUT2D eigenvalue weighted by molar-refractivity contribution is 7.11. The van der Waals surface area contributed by atoms with Crippen LogP contribution >= 0.6 is 11.3 Å².